The molecular formula is C34H35N3O2. The van der Waals surface area contributed by atoms with E-state index in [9.17, 15) is 9.59 Å². The van der Waals surface area contributed by atoms with Gasteiger partial charge in [0.25, 0.3) is 0 Å². The van der Waals surface area contributed by atoms with E-state index in [0.717, 1.165) is 41.9 Å². The molecule has 1 N–H and O–H groups in total. The van der Waals surface area contributed by atoms with Crippen molar-refractivity contribution in [3.63, 3.8) is 0 Å². The van der Waals surface area contributed by atoms with Crippen LogP contribution in [0.25, 0.3) is 0 Å². The molecule has 1 aliphatic rings. The van der Waals surface area contributed by atoms with Gasteiger partial charge in [-0.2, -0.15) is 0 Å². The Balaban J connectivity index is 1.16. The highest BCUT2D eigenvalue weighted by molar-refractivity contribution is 5.88. The molecule has 5 nitrogen and oxygen atoms in total. The van der Waals surface area contributed by atoms with Gasteiger partial charge in [0.05, 0.1) is 11.8 Å². The highest BCUT2D eigenvalue weighted by Crippen LogP contribution is 2.28. The Kier molecular flexibility index (Phi) is 8.82. The maximum Gasteiger partial charge on any atom is 0.234 e. The van der Waals surface area contributed by atoms with Gasteiger partial charge in [0.15, 0.2) is 0 Å². The highest BCUT2D eigenvalue weighted by atomic mass is 16.2. The van der Waals surface area contributed by atoms with Gasteiger partial charge in [-0.25, -0.2) is 0 Å². The van der Waals surface area contributed by atoms with Crippen LogP contribution in [0.1, 0.15) is 34.1 Å². The van der Waals surface area contributed by atoms with Gasteiger partial charge in [0.1, 0.15) is 0 Å². The number of nitrogens with one attached hydrogen (secondary N) is 1. The minimum atomic E-state index is -0.338. The molecule has 1 aliphatic heterocycles. The summed E-state index contributed by atoms with van der Waals surface area (Å²) in [6.45, 7) is 4.26. The zero-order valence-corrected chi connectivity index (χ0v) is 22.2. The average molecular weight is 518 g/mol. The maximum atomic E-state index is 13.7. The van der Waals surface area contributed by atoms with Crippen molar-refractivity contribution in [2.75, 3.05) is 39.3 Å². The Morgan fingerprint density at radius 1 is 0.564 bits per heavy atom. The monoisotopic (exact) mass is 517 g/mol. The summed E-state index contributed by atoms with van der Waals surface area (Å²) in [6, 6.07) is 39.9. The molecule has 4 aromatic carbocycles. The van der Waals surface area contributed by atoms with Crippen LogP contribution in [0, 0.1) is 0 Å². The molecule has 0 spiro atoms. The van der Waals surface area contributed by atoms with Gasteiger partial charge in [-0.3, -0.25) is 14.5 Å². The molecule has 1 fully saturated rings. The predicted molar refractivity (Wildman–Crippen MR) is 155 cm³/mol. The van der Waals surface area contributed by atoms with E-state index < -0.39 is 0 Å². The number of carbonyl (C=O) groups is 2. The van der Waals surface area contributed by atoms with Gasteiger partial charge in [0.2, 0.25) is 11.8 Å². The summed E-state index contributed by atoms with van der Waals surface area (Å²) in [7, 11) is 0. The van der Waals surface area contributed by atoms with Crippen molar-refractivity contribution in [1.82, 2.24) is 15.1 Å². The first-order valence-electron chi connectivity index (χ1n) is 13.7. The second-order valence-corrected chi connectivity index (χ2v) is 9.97. The predicted octanol–water partition coefficient (Wildman–Crippen LogP) is 4.91. The van der Waals surface area contributed by atoms with Gasteiger partial charge >= 0.3 is 0 Å². The molecule has 0 saturated carbocycles. The molecule has 0 bridgehead atoms. The number of rotatable bonds is 9. The first-order chi connectivity index (χ1) is 19.2. The largest absolute Gasteiger partial charge is 0.354 e. The Hall–Kier alpha value is -4.22. The lowest BCUT2D eigenvalue weighted by Crippen LogP contribution is -2.51. The molecule has 4 aromatic rings. The summed E-state index contributed by atoms with van der Waals surface area (Å²) in [5.74, 6) is -0.482. The van der Waals surface area contributed by atoms with Crippen LogP contribution in [-0.4, -0.2) is 60.9 Å². The topological polar surface area (TPSA) is 52.7 Å². The molecule has 5 rings (SSSR count). The van der Waals surface area contributed by atoms with E-state index in [2.05, 4.69) is 10.2 Å². The average Bonchev–Trinajstić information content (AvgIpc) is 3.00. The molecule has 5 heteroatoms. The molecule has 0 aromatic heterocycles. The Morgan fingerprint density at radius 2 is 0.949 bits per heavy atom. The lowest BCUT2D eigenvalue weighted by molar-refractivity contribution is -0.133. The van der Waals surface area contributed by atoms with Crippen LogP contribution in [0.15, 0.2) is 121 Å². The summed E-state index contributed by atoms with van der Waals surface area (Å²) in [5, 5.41) is 3.16. The molecule has 0 radical (unpaired) electrons. The summed E-state index contributed by atoms with van der Waals surface area (Å²) in [6.07, 6.45) is 0. The molecule has 1 heterocycles. The van der Waals surface area contributed by atoms with Gasteiger partial charge in [-0.15, -0.1) is 0 Å². The smallest absolute Gasteiger partial charge is 0.234 e. The SMILES string of the molecule is O=C(NCCN1CCN(C(=O)C(c2ccccc2)c2ccccc2)CC1)C(c1ccccc1)c1ccccc1. The quantitative estimate of drug-likeness (QED) is 0.343. The van der Waals surface area contributed by atoms with E-state index in [1.165, 1.54) is 0 Å². The number of benzene rings is 4. The third kappa shape index (κ3) is 6.62. The first kappa shape index (κ1) is 26.4. The molecule has 0 aliphatic carbocycles. The lowest BCUT2D eigenvalue weighted by atomic mass is 9.90. The fourth-order valence-electron chi connectivity index (χ4n) is 5.37. The van der Waals surface area contributed by atoms with Crippen molar-refractivity contribution in [3.05, 3.63) is 144 Å². The Bertz CT molecular complexity index is 1240. The van der Waals surface area contributed by atoms with E-state index in [4.69, 9.17) is 0 Å². The van der Waals surface area contributed by atoms with Crippen molar-refractivity contribution in [3.8, 4) is 0 Å². The zero-order chi connectivity index (χ0) is 26.9. The Morgan fingerprint density at radius 3 is 1.36 bits per heavy atom. The van der Waals surface area contributed by atoms with E-state index in [0.29, 0.717) is 19.6 Å². The molecular weight excluding hydrogens is 482 g/mol. The summed E-state index contributed by atoms with van der Waals surface area (Å²) in [4.78, 5) is 31.3. The van der Waals surface area contributed by atoms with Crippen LogP contribution < -0.4 is 5.32 Å². The lowest BCUT2D eigenvalue weighted by Gasteiger charge is -2.36. The van der Waals surface area contributed by atoms with Crippen molar-refractivity contribution in [1.29, 1.82) is 0 Å². The van der Waals surface area contributed by atoms with Crippen LogP contribution in [0.4, 0.5) is 0 Å². The van der Waals surface area contributed by atoms with E-state index >= 15 is 0 Å². The van der Waals surface area contributed by atoms with Gasteiger partial charge in [0, 0.05) is 39.3 Å². The van der Waals surface area contributed by atoms with E-state index in [1.807, 2.05) is 126 Å². The third-order valence-corrected chi connectivity index (χ3v) is 7.45. The van der Waals surface area contributed by atoms with Gasteiger partial charge < -0.3 is 10.2 Å². The summed E-state index contributed by atoms with van der Waals surface area (Å²) < 4.78 is 0. The molecule has 0 unspecified atom stereocenters. The maximum absolute atomic E-state index is 13.7. The number of nitrogens with zero attached hydrogens (tertiary/aromatic N) is 2. The van der Waals surface area contributed by atoms with Crippen molar-refractivity contribution >= 4 is 11.8 Å². The molecule has 0 atom stereocenters. The number of hydrogen-bond acceptors (Lipinski definition) is 3. The molecule has 2 amide bonds. The molecule has 39 heavy (non-hydrogen) atoms. The van der Waals surface area contributed by atoms with Gasteiger partial charge in [-0.1, -0.05) is 121 Å². The number of carbonyl (C=O) groups excluding carboxylic acids is 2. The van der Waals surface area contributed by atoms with Crippen LogP contribution >= 0.6 is 0 Å². The first-order valence-corrected chi connectivity index (χ1v) is 13.7. The minimum absolute atomic E-state index is 0.00905. The number of amides is 2. The highest BCUT2D eigenvalue weighted by Gasteiger charge is 2.30. The number of hydrogen-bond donors (Lipinski definition) is 1. The fourth-order valence-corrected chi connectivity index (χ4v) is 5.37. The normalized spacial score (nSPS) is 13.9. The van der Waals surface area contributed by atoms with Crippen molar-refractivity contribution in [2.45, 2.75) is 11.8 Å². The van der Waals surface area contributed by atoms with Crippen molar-refractivity contribution < 1.29 is 9.59 Å². The summed E-state index contributed by atoms with van der Waals surface area (Å²) in [5.41, 5.74) is 4.01. The van der Waals surface area contributed by atoms with Crippen LogP contribution in [0.2, 0.25) is 0 Å². The number of piperazine rings is 1. The Labute approximate surface area is 231 Å². The van der Waals surface area contributed by atoms with Gasteiger partial charge in [-0.05, 0) is 22.3 Å². The minimum Gasteiger partial charge on any atom is -0.354 e. The standard InChI is InChI=1S/C34H35N3O2/c38-33(31(27-13-5-1-6-14-27)28-15-7-2-8-16-28)35-21-22-36-23-25-37(26-24-36)34(39)32(29-17-9-3-10-18-29)30-19-11-4-12-20-30/h1-20,31-32H,21-26H2,(H,35,38). The molecule has 1 saturated heterocycles. The second-order valence-electron chi connectivity index (χ2n) is 9.97. The van der Waals surface area contributed by atoms with Crippen LogP contribution in [0.3, 0.4) is 0 Å². The van der Waals surface area contributed by atoms with Crippen LogP contribution in [0.5, 0.6) is 0 Å². The third-order valence-electron chi connectivity index (χ3n) is 7.45. The molecule has 198 valence electrons. The van der Waals surface area contributed by atoms with Crippen molar-refractivity contribution in [2.24, 2.45) is 0 Å². The fraction of sp³-hybridized carbons (Fsp3) is 0.235. The zero-order valence-electron chi connectivity index (χ0n) is 22.2. The van der Waals surface area contributed by atoms with E-state index in [1.54, 1.807) is 0 Å². The van der Waals surface area contributed by atoms with Crippen LogP contribution in [-0.2, 0) is 9.59 Å². The summed E-state index contributed by atoms with van der Waals surface area (Å²) >= 11 is 0. The van der Waals surface area contributed by atoms with E-state index in [-0.39, 0.29) is 23.7 Å². The second kappa shape index (κ2) is 13.0.